The van der Waals surface area contributed by atoms with Crippen molar-refractivity contribution in [1.29, 1.82) is 5.26 Å². The second kappa shape index (κ2) is 11.4. The zero-order valence-electron chi connectivity index (χ0n) is 16.8. The number of nitrogens with one attached hydrogen (secondary N) is 1. The number of carbonyl (C=O) groups excluding carboxylic acids is 1. The normalized spacial score (nSPS) is 11.1. The molecule has 162 valence electrons. The van der Waals surface area contributed by atoms with E-state index in [2.05, 4.69) is 50.5 Å². The van der Waals surface area contributed by atoms with Crippen LogP contribution >= 0.6 is 68.4 Å². The van der Waals surface area contributed by atoms with Gasteiger partial charge >= 0.3 is 0 Å². The number of hydrogen-bond donors (Lipinski definition) is 1. The third kappa shape index (κ3) is 6.16. The van der Waals surface area contributed by atoms with Crippen LogP contribution in [0.25, 0.3) is 6.08 Å². The van der Waals surface area contributed by atoms with Crippen molar-refractivity contribution in [3.8, 4) is 11.8 Å². The number of hydrogen-bond acceptors (Lipinski definition) is 3. The molecular weight excluding hydrogens is 673 g/mol. The van der Waals surface area contributed by atoms with E-state index in [0.717, 1.165) is 29.6 Å². The van der Waals surface area contributed by atoms with Gasteiger partial charge in [0.25, 0.3) is 5.91 Å². The van der Waals surface area contributed by atoms with Crippen LogP contribution in [0.2, 0.25) is 10.0 Å². The van der Waals surface area contributed by atoms with E-state index in [-0.39, 0.29) is 5.57 Å². The van der Waals surface area contributed by atoms with Gasteiger partial charge < -0.3 is 10.1 Å². The van der Waals surface area contributed by atoms with Crippen LogP contribution in [0, 0.1) is 25.4 Å². The number of carbonyl (C=O) groups is 1. The predicted molar refractivity (Wildman–Crippen MR) is 146 cm³/mol. The molecule has 0 aromatic heterocycles. The first-order valence-electron chi connectivity index (χ1n) is 9.33. The second-order valence-electron chi connectivity index (χ2n) is 6.73. The summed E-state index contributed by atoms with van der Waals surface area (Å²) in [5.74, 6) is 0.225. The molecule has 1 N–H and O–H groups in total. The highest BCUT2D eigenvalue weighted by Gasteiger charge is 2.14. The van der Waals surface area contributed by atoms with E-state index >= 15 is 0 Å². The minimum Gasteiger partial charge on any atom is -0.487 e. The Balaban J connectivity index is 1.80. The average molecular weight is 689 g/mol. The van der Waals surface area contributed by atoms with Crippen molar-refractivity contribution in [1.82, 2.24) is 0 Å². The van der Waals surface area contributed by atoms with Crippen molar-refractivity contribution in [3.05, 3.63) is 94.0 Å². The van der Waals surface area contributed by atoms with Gasteiger partial charge in [0.2, 0.25) is 0 Å². The fraction of sp³-hybridized carbons (Fsp3) is 0.0833. The van der Waals surface area contributed by atoms with Gasteiger partial charge in [-0.3, -0.25) is 4.79 Å². The highest BCUT2D eigenvalue weighted by atomic mass is 127. The summed E-state index contributed by atoms with van der Waals surface area (Å²) in [4.78, 5) is 12.7. The number of ether oxygens (including phenoxy) is 1. The standard InChI is InChI=1S/C24H16Cl2I2N2O2/c1-14-18(25)7-4-8-22(14)30-24(31)17(12-29)9-15-10-20(27)23(21(28)11-15)32-13-16-5-2-3-6-19(16)26/h2-11H,13H2,1H3,(H,30,31)/b17-9-. The molecule has 0 saturated carbocycles. The maximum absolute atomic E-state index is 12.7. The van der Waals surface area contributed by atoms with E-state index in [1.54, 1.807) is 31.2 Å². The summed E-state index contributed by atoms with van der Waals surface area (Å²) in [7, 11) is 0. The summed E-state index contributed by atoms with van der Waals surface area (Å²) in [6.45, 7) is 2.14. The highest BCUT2D eigenvalue weighted by molar-refractivity contribution is 14.1. The molecule has 8 heteroatoms. The summed E-state index contributed by atoms with van der Waals surface area (Å²) < 4.78 is 7.71. The maximum atomic E-state index is 12.7. The highest BCUT2D eigenvalue weighted by Crippen LogP contribution is 2.31. The van der Waals surface area contributed by atoms with Crippen LogP contribution in [0.5, 0.6) is 5.75 Å². The summed E-state index contributed by atoms with van der Waals surface area (Å²) >= 11 is 16.7. The first-order valence-corrected chi connectivity index (χ1v) is 12.2. The maximum Gasteiger partial charge on any atom is 0.266 e. The molecule has 3 rings (SSSR count). The van der Waals surface area contributed by atoms with Crippen molar-refractivity contribution in [2.75, 3.05) is 5.32 Å². The summed E-state index contributed by atoms with van der Waals surface area (Å²) in [5.41, 5.74) is 2.91. The number of nitriles is 1. The van der Waals surface area contributed by atoms with Crippen LogP contribution < -0.4 is 10.1 Å². The third-order valence-electron chi connectivity index (χ3n) is 4.54. The van der Waals surface area contributed by atoms with E-state index in [0.29, 0.717) is 22.3 Å². The topological polar surface area (TPSA) is 62.1 Å². The van der Waals surface area contributed by atoms with Crippen LogP contribution in [0.15, 0.2) is 60.2 Å². The number of amides is 1. The number of benzene rings is 3. The summed E-state index contributed by atoms with van der Waals surface area (Å²) in [6, 6.07) is 18.4. The summed E-state index contributed by atoms with van der Waals surface area (Å²) in [6.07, 6.45) is 1.55. The Morgan fingerprint density at radius 1 is 1.09 bits per heavy atom. The van der Waals surface area contributed by atoms with Crippen molar-refractivity contribution in [3.63, 3.8) is 0 Å². The molecule has 0 saturated heterocycles. The van der Waals surface area contributed by atoms with Crippen molar-refractivity contribution in [2.45, 2.75) is 13.5 Å². The molecule has 3 aromatic rings. The number of anilines is 1. The van der Waals surface area contributed by atoms with Crippen LogP contribution in [-0.4, -0.2) is 5.91 Å². The Morgan fingerprint density at radius 3 is 2.41 bits per heavy atom. The van der Waals surface area contributed by atoms with Gasteiger partial charge in [-0.15, -0.1) is 0 Å². The van der Waals surface area contributed by atoms with Crippen molar-refractivity contribution in [2.24, 2.45) is 0 Å². The van der Waals surface area contributed by atoms with Crippen molar-refractivity contribution >= 4 is 86.1 Å². The molecule has 0 aliphatic heterocycles. The van der Waals surface area contributed by atoms with Crippen LogP contribution in [-0.2, 0) is 11.4 Å². The van der Waals surface area contributed by atoms with Gasteiger partial charge in [-0.25, -0.2) is 0 Å². The molecule has 0 radical (unpaired) electrons. The molecule has 3 aromatic carbocycles. The Bertz CT molecular complexity index is 1230. The van der Waals surface area contributed by atoms with E-state index in [1.807, 2.05) is 42.5 Å². The second-order valence-corrected chi connectivity index (χ2v) is 9.87. The fourth-order valence-corrected chi connectivity index (χ4v) is 5.31. The van der Waals surface area contributed by atoms with E-state index in [1.165, 1.54) is 0 Å². The van der Waals surface area contributed by atoms with E-state index in [4.69, 9.17) is 27.9 Å². The number of rotatable bonds is 6. The lowest BCUT2D eigenvalue weighted by Crippen LogP contribution is -2.14. The lowest BCUT2D eigenvalue weighted by Gasteiger charge is -2.13. The molecule has 0 bridgehead atoms. The Kier molecular flexibility index (Phi) is 8.82. The molecule has 0 aliphatic rings. The van der Waals surface area contributed by atoms with Gasteiger partial charge in [0.05, 0.1) is 7.14 Å². The van der Waals surface area contributed by atoms with E-state index < -0.39 is 5.91 Å². The van der Waals surface area contributed by atoms with Crippen LogP contribution in [0.1, 0.15) is 16.7 Å². The van der Waals surface area contributed by atoms with Gasteiger partial charge in [-0.2, -0.15) is 5.26 Å². The molecule has 0 aliphatic carbocycles. The zero-order valence-corrected chi connectivity index (χ0v) is 22.6. The first-order chi connectivity index (χ1) is 15.3. The minimum absolute atomic E-state index is 0.0132. The van der Waals surface area contributed by atoms with Gasteiger partial charge in [-0.1, -0.05) is 47.5 Å². The molecule has 32 heavy (non-hydrogen) atoms. The average Bonchev–Trinajstić information content (AvgIpc) is 2.75. The van der Waals surface area contributed by atoms with Crippen LogP contribution in [0.4, 0.5) is 5.69 Å². The quantitative estimate of drug-likeness (QED) is 0.165. The lowest BCUT2D eigenvalue weighted by molar-refractivity contribution is -0.112. The molecule has 0 spiro atoms. The van der Waals surface area contributed by atoms with Crippen molar-refractivity contribution < 1.29 is 9.53 Å². The minimum atomic E-state index is -0.498. The molecule has 0 heterocycles. The Morgan fingerprint density at radius 2 is 1.75 bits per heavy atom. The SMILES string of the molecule is Cc1c(Cl)cccc1NC(=O)/C(C#N)=C\c1cc(I)c(OCc2ccccc2Cl)c(I)c1. The molecule has 0 fully saturated rings. The molecular formula is C24H16Cl2I2N2O2. The van der Waals surface area contributed by atoms with E-state index in [9.17, 15) is 10.1 Å². The lowest BCUT2D eigenvalue weighted by atomic mass is 10.1. The molecule has 4 nitrogen and oxygen atoms in total. The zero-order chi connectivity index (χ0) is 23.3. The molecule has 0 unspecified atom stereocenters. The van der Waals surface area contributed by atoms with Gasteiger partial charge in [0.15, 0.2) is 0 Å². The molecule has 1 amide bonds. The van der Waals surface area contributed by atoms with Gasteiger partial charge in [-0.05, 0) is 99.6 Å². The summed E-state index contributed by atoms with van der Waals surface area (Å²) in [5, 5.41) is 13.5. The molecule has 0 atom stereocenters. The number of nitrogens with zero attached hydrogens (tertiary/aromatic N) is 1. The monoisotopic (exact) mass is 688 g/mol. The smallest absolute Gasteiger partial charge is 0.266 e. The van der Waals surface area contributed by atoms with Crippen LogP contribution in [0.3, 0.4) is 0 Å². The Labute approximate surface area is 223 Å². The number of halogens is 4. The third-order valence-corrected chi connectivity index (χ3v) is 6.92. The Hall–Kier alpha value is -1.80. The largest absolute Gasteiger partial charge is 0.487 e. The first kappa shape index (κ1) is 24.8. The van der Waals surface area contributed by atoms with Gasteiger partial charge in [0, 0.05) is 21.3 Å². The fourth-order valence-electron chi connectivity index (χ4n) is 2.81. The predicted octanol–water partition coefficient (Wildman–Crippen LogP) is 7.64. The van der Waals surface area contributed by atoms with Gasteiger partial charge in [0.1, 0.15) is 24.0 Å².